The normalized spacial score (nSPS) is 11.2. The highest BCUT2D eigenvalue weighted by Crippen LogP contribution is 2.23. The Morgan fingerprint density at radius 3 is 2.66 bits per heavy atom. The van der Waals surface area contributed by atoms with Crippen LogP contribution in [0.1, 0.15) is 12.5 Å². The fourth-order valence-corrected chi connectivity index (χ4v) is 3.01. The molecule has 0 atom stereocenters. The lowest BCUT2D eigenvalue weighted by Crippen LogP contribution is -2.29. The predicted octanol–water partition coefficient (Wildman–Crippen LogP) is 2.25. The molecular weight excluding hydrogens is 408 g/mol. The summed E-state index contributed by atoms with van der Waals surface area (Å²) in [5.74, 6) is 0.348. The van der Waals surface area contributed by atoms with E-state index in [0.717, 1.165) is 11.1 Å². The van der Waals surface area contributed by atoms with Gasteiger partial charge in [-0.1, -0.05) is 30.3 Å². The molecule has 2 N–H and O–H groups in total. The number of likely N-dealkylation sites (N-methyl/N-ethyl adjacent to an activating group) is 1. The summed E-state index contributed by atoms with van der Waals surface area (Å²) in [6.07, 6.45) is 1.94. The van der Waals surface area contributed by atoms with Crippen LogP contribution in [0, 0.1) is 0 Å². The molecule has 0 aliphatic carbocycles. The third-order valence-corrected chi connectivity index (χ3v) is 4.63. The molecule has 0 fully saturated rings. The zero-order valence-corrected chi connectivity index (χ0v) is 18.3. The summed E-state index contributed by atoms with van der Waals surface area (Å²) in [4.78, 5) is 33.3. The molecule has 3 rings (SSSR count). The van der Waals surface area contributed by atoms with Crippen molar-refractivity contribution in [3.8, 4) is 17.1 Å². The molecule has 166 valence electrons. The monoisotopic (exact) mass is 434 g/mol. The highest BCUT2D eigenvalue weighted by Gasteiger charge is 2.17. The van der Waals surface area contributed by atoms with Crippen molar-refractivity contribution in [2.45, 2.75) is 13.3 Å². The molecule has 2 aromatic heterocycles. The van der Waals surface area contributed by atoms with Gasteiger partial charge >= 0.3 is 0 Å². The van der Waals surface area contributed by atoms with Crippen molar-refractivity contribution in [1.29, 1.82) is 0 Å². The van der Waals surface area contributed by atoms with Crippen molar-refractivity contribution < 1.29 is 14.3 Å². The Hall–Kier alpha value is -4.01. The van der Waals surface area contributed by atoms with Crippen LogP contribution in [0.2, 0.25) is 0 Å². The van der Waals surface area contributed by atoms with E-state index in [9.17, 15) is 9.59 Å². The Labute approximate surface area is 186 Å². The summed E-state index contributed by atoms with van der Waals surface area (Å²) < 4.78 is 6.74. The van der Waals surface area contributed by atoms with Crippen molar-refractivity contribution in [2.75, 3.05) is 25.5 Å². The van der Waals surface area contributed by atoms with E-state index in [1.807, 2.05) is 43.3 Å². The average molecular weight is 435 g/mol. The van der Waals surface area contributed by atoms with Crippen LogP contribution < -0.4 is 15.4 Å². The molecule has 0 spiro atoms. The predicted molar refractivity (Wildman–Crippen MR) is 123 cm³/mol. The van der Waals surface area contributed by atoms with E-state index in [1.54, 1.807) is 37.2 Å². The Kier molecular flexibility index (Phi) is 7.69. The van der Waals surface area contributed by atoms with E-state index in [0.29, 0.717) is 30.4 Å². The van der Waals surface area contributed by atoms with Crippen molar-refractivity contribution in [3.63, 3.8) is 0 Å². The van der Waals surface area contributed by atoms with Crippen LogP contribution in [-0.4, -0.2) is 52.5 Å². The number of nitrogens with one attached hydrogen (secondary N) is 2. The Balaban J connectivity index is 1.81. The summed E-state index contributed by atoms with van der Waals surface area (Å²) in [6.45, 7) is 2.22. The minimum absolute atomic E-state index is 0.114. The maximum atomic E-state index is 13.0. The van der Waals surface area contributed by atoms with Crippen molar-refractivity contribution >= 4 is 23.3 Å². The number of methoxy groups -OCH3 is 1. The number of hydrogen-bond donors (Lipinski definition) is 2. The van der Waals surface area contributed by atoms with Gasteiger partial charge in [0.2, 0.25) is 11.8 Å². The van der Waals surface area contributed by atoms with Crippen LogP contribution in [0.25, 0.3) is 11.3 Å². The van der Waals surface area contributed by atoms with Gasteiger partial charge in [0.25, 0.3) is 5.91 Å². The van der Waals surface area contributed by atoms with E-state index in [1.165, 1.54) is 0 Å². The molecule has 9 nitrogen and oxygen atoms in total. The number of carbonyl (C=O) groups excluding carboxylic acids is 2. The van der Waals surface area contributed by atoms with Gasteiger partial charge < -0.3 is 15.4 Å². The molecule has 0 radical (unpaired) electrons. The van der Waals surface area contributed by atoms with Crippen LogP contribution in [-0.2, 0) is 23.1 Å². The number of ether oxygens (including phenoxy) is 1. The first-order valence-electron chi connectivity index (χ1n) is 10.2. The number of pyridine rings is 1. The number of benzene rings is 1. The molecule has 0 aliphatic heterocycles. The summed E-state index contributed by atoms with van der Waals surface area (Å²) in [7, 11) is 3.28. The highest BCUT2D eigenvalue weighted by molar-refractivity contribution is 6.43. The number of nitrogens with zero attached hydrogens (tertiary/aromatic N) is 4. The Bertz CT molecular complexity index is 1110. The van der Waals surface area contributed by atoms with E-state index < -0.39 is 0 Å². The largest absolute Gasteiger partial charge is 0.481 e. The first kappa shape index (κ1) is 22.7. The third kappa shape index (κ3) is 6.00. The number of carbonyl (C=O) groups is 2. The standard InChI is InChI=1S/C23H26N6O3/c1-4-24-21(30)15-26-19(12-16-8-6-5-7-9-16)23(31)27-20-14-18(28-29(20)2)17-10-11-25-22(13-17)32-3/h5-11,13-14H,4,12,15H2,1-3H3,(H,24,30)(H,27,31). The third-order valence-electron chi connectivity index (χ3n) is 4.63. The molecule has 2 heterocycles. The fraction of sp³-hybridized carbons (Fsp3) is 0.261. The number of rotatable bonds is 9. The fourth-order valence-electron chi connectivity index (χ4n) is 3.01. The maximum absolute atomic E-state index is 13.0. The Morgan fingerprint density at radius 1 is 1.16 bits per heavy atom. The quantitative estimate of drug-likeness (QED) is 0.502. The molecule has 32 heavy (non-hydrogen) atoms. The molecule has 9 heteroatoms. The van der Waals surface area contributed by atoms with Crippen LogP contribution in [0.5, 0.6) is 5.88 Å². The van der Waals surface area contributed by atoms with Gasteiger partial charge in [0.05, 0.1) is 12.8 Å². The Morgan fingerprint density at radius 2 is 1.94 bits per heavy atom. The summed E-state index contributed by atoms with van der Waals surface area (Å²) in [6, 6.07) is 14.8. The van der Waals surface area contributed by atoms with E-state index >= 15 is 0 Å². The number of aliphatic imine (C=N–C) groups is 1. The smallest absolute Gasteiger partial charge is 0.271 e. The van der Waals surface area contributed by atoms with E-state index in [4.69, 9.17) is 4.74 Å². The van der Waals surface area contributed by atoms with Gasteiger partial charge in [-0.05, 0) is 18.6 Å². The van der Waals surface area contributed by atoms with Crippen molar-refractivity contribution in [1.82, 2.24) is 20.1 Å². The average Bonchev–Trinajstić information content (AvgIpc) is 3.17. The van der Waals surface area contributed by atoms with Crippen LogP contribution in [0.15, 0.2) is 59.7 Å². The number of hydrogen-bond acceptors (Lipinski definition) is 6. The van der Waals surface area contributed by atoms with Crippen LogP contribution in [0.3, 0.4) is 0 Å². The lowest BCUT2D eigenvalue weighted by Gasteiger charge is -2.09. The van der Waals surface area contributed by atoms with Gasteiger partial charge in [0.15, 0.2) is 0 Å². The second-order valence-corrected chi connectivity index (χ2v) is 6.96. The molecule has 3 aromatic rings. The van der Waals surface area contributed by atoms with Gasteiger partial charge in [-0.2, -0.15) is 5.10 Å². The van der Waals surface area contributed by atoms with Crippen LogP contribution >= 0.6 is 0 Å². The molecule has 1 aromatic carbocycles. The molecule has 2 amide bonds. The lowest BCUT2D eigenvalue weighted by atomic mass is 10.1. The van der Waals surface area contributed by atoms with Crippen molar-refractivity contribution in [2.24, 2.45) is 12.0 Å². The SMILES string of the molecule is CCNC(=O)CN=C(Cc1ccccc1)C(=O)Nc1cc(-c2ccnc(OC)c2)nn1C. The first-order valence-corrected chi connectivity index (χ1v) is 10.2. The zero-order valence-electron chi connectivity index (χ0n) is 18.3. The van der Waals surface area contributed by atoms with E-state index in [2.05, 4.69) is 25.7 Å². The summed E-state index contributed by atoms with van der Waals surface area (Å²) in [5, 5.41) is 10.0. The van der Waals surface area contributed by atoms with Crippen LogP contribution in [0.4, 0.5) is 5.82 Å². The van der Waals surface area contributed by atoms with Gasteiger partial charge in [0, 0.05) is 43.9 Å². The molecule has 0 saturated heterocycles. The lowest BCUT2D eigenvalue weighted by molar-refractivity contribution is -0.119. The topological polar surface area (TPSA) is 110 Å². The molecule has 0 aliphatic rings. The molecule has 0 unspecified atom stereocenters. The van der Waals surface area contributed by atoms with Gasteiger partial charge in [-0.25, -0.2) is 4.98 Å². The minimum atomic E-state index is -0.389. The second kappa shape index (κ2) is 10.9. The number of aromatic nitrogens is 3. The van der Waals surface area contributed by atoms with Crippen molar-refractivity contribution in [3.05, 3.63) is 60.3 Å². The first-order chi connectivity index (χ1) is 15.5. The summed E-state index contributed by atoms with van der Waals surface area (Å²) in [5.41, 5.74) is 2.65. The molecule has 0 saturated carbocycles. The van der Waals surface area contributed by atoms with Gasteiger partial charge in [-0.15, -0.1) is 0 Å². The maximum Gasteiger partial charge on any atom is 0.271 e. The highest BCUT2D eigenvalue weighted by atomic mass is 16.5. The second-order valence-electron chi connectivity index (χ2n) is 6.96. The zero-order chi connectivity index (χ0) is 22.9. The number of aryl methyl sites for hydroxylation is 1. The van der Waals surface area contributed by atoms with Gasteiger partial charge in [-0.3, -0.25) is 19.3 Å². The van der Waals surface area contributed by atoms with E-state index in [-0.39, 0.29) is 24.1 Å². The molecule has 0 bridgehead atoms. The minimum Gasteiger partial charge on any atom is -0.481 e. The molecular formula is C23H26N6O3. The summed E-state index contributed by atoms with van der Waals surface area (Å²) >= 11 is 0. The number of amides is 2. The van der Waals surface area contributed by atoms with Gasteiger partial charge in [0.1, 0.15) is 18.1 Å². The number of anilines is 1.